The van der Waals surface area contributed by atoms with Crippen molar-refractivity contribution in [3.8, 4) is 5.75 Å². The van der Waals surface area contributed by atoms with Gasteiger partial charge in [-0.1, -0.05) is 24.6 Å². The Morgan fingerprint density at radius 3 is 2.71 bits per heavy atom. The molecule has 0 N–H and O–H groups in total. The maximum absolute atomic E-state index is 12.3. The van der Waals surface area contributed by atoms with E-state index < -0.39 is 0 Å². The SMILES string of the molecule is COCCC(=O)N1CCC2(CCCCc3ccccc3OCCN(C)C2)CC1. The number of rotatable bonds is 3. The molecule has 5 heteroatoms. The molecule has 5 nitrogen and oxygen atoms in total. The molecule has 0 unspecified atom stereocenters. The van der Waals surface area contributed by atoms with Crippen LogP contribution in [-0.2, 0) is 16.0 Å². The summed E-state index contributed by atoms with van der Waals surface area (Å²) in [7, 11) is 3.86. The molecule has 1 spiro atoms. The topological polar surface area (TPSA) is 42.0 Å². The molecule has 1 aromatic carbocycles. The van der Waals surface area contributed by atoms with Crippen LogP contribution >= 0.6 is 0 Å². The summed E-state index contributed by atoms with van der Waals surface area (Å²) in [6, 6.07) is 8.46. The van der Waals surface area contributed by atoms with Crippen molar-refractivity contribution in [1.82, 2.24) is 9.80 Å². The summed E-state index contributed by atoms with van der Waals surface area (Å²) in [5.41, 5.74) is 1.66. The molecule has 156 valence electrons. The number of ether oxygens (including phenoxy) is 2. The molecule has 0 atom stereocenters. The van der Waals surface area contributed by atoms with Gasteiger partial charge in [-0.05, 0) is 56.2 Å². The van der Waals surface area contributed by atoms with Crippen LogP contribution in [0.25, 0.3) is 0 Å². The van der Waals surface area contributed by atoms with Gasteiger partial charge in [-0.3, -0.25) is 4.79 Å². The van der Waals surface area contributed by atoms with E-state index in [-0.39, 0.29) is 5.91 Å². The van der Waals surface area contributed by atoms with Crippen molar-refractivity contribution in [3.63, 3.8) is 0 Å². The smallest absolute Gasteiger partial charge is 0.224 e. The van der Waals surface area contributed by atoms with Crippen LogP contribution in [0.3, 0.4) is 0 Å². The molecule has 2 aliphatic rings. The molecule has 3 rings (SSSR count). The molecule has 0 aromatic heterocycles. The normalized spacial score (nSPS) is 21.3. The van der Waals surface area contributed by atoms with E-state index in [1.165, 1.54) is 24.8 Å². The Bertz CT molecular complexity index is 626. The van der Waals surface area contributed by atoms with E-state index in [0.717, 1.165) is 57.8 Å². The van der Waals surface area contributed by atoms with Crippen LogP contribution < -0.4 is 4.74 Å². The number of aryl methyl sites for hydroxylation is 1. The Morgan fingerprint density at radius 1 is 1.14 bits per heavy atom. The van der Waals surface area contributed by atoms with Gasteiger partial charge in [-0.2, -0.15) is 0 Å². The van der Waals surface area contributed by atoms with E-state index in [4.69, 9.17) is 9.47 Å². The highest BCUT2D eigenvalue weighted by Gasteiger charge is 2.36. The fourth-order valence-corrected chi connectivity index (χ4v) is 4.69. The second kappa shape index (κ2) is 10.3. The number of benzene rings is 1. The third-order valence-electron chi connectivity index (χ3n) is 6.41. The largest absolute Gasteiger partial charge is 0.492 e. The van der Waals surface area contributed by atoms with Gasteiger partial charge in [-0.15, -0.1) is 0 Å². The molecule has 0 bridgehead atoms. The predicted molar refractivity (Wildman–Crippen MR) is 112 cm³/mol. The first-order valence-electron chi connectivity index (χ1n) is 10.8. The number of likely N-dealkylation sites (N-methyl/N-ethyl adjacent to an activating group) is 1. The maximum Gasteiger partial charge on any atom is 0.224 e. The monoisotopic (exact) mass is 388 g/mol. The van der Waals surface area contributed by atoms with Crippen LogP contribution in [-0.4, -0.2) is 69.3 Å². The first-order chi connectivity index (χ1) is 13.6. The first-order valence-corrected chi connectivity index (χ1v) is 10.8. The maximum atomic E-state index is 12.3. The minimum atomic E-state index is 0.239. The van der Waals surface area contributed by atoms with Gasteiger partial charge >= 0.3 is 0 Å². The van der Waals surface area contributed by atoms with E-state index in [9.17, 15) is 4.79 Å². The van der Waals surface area contributed by atoms with Crippen molar-refractivity contribution in [2.24, 2.45) is 5.41 Å². The highest BCUT2D eigenvalue weighted by Crippen LogP contribution is 2.38. The quantitative estimate of drug-likeness (QED) is 0.796. The number of hydrogen-bond acceptors (Lipinski definition) is 4. The summed E-state index contributed by atoms with van der Waals surface area (Å²) in [6.07, 6.45) is 7.48. The van der Waals surface area contributed by atoms with Gasteiger partial charge in [0.15, 0.2) is 0 Å². The highest BCUT2D eigenvalue weighted by atomic mass is 16.5. The van der Waals surface area contributed by atoms with Crippen LogP contribution in [0.15, 0.2) is 24.3 Å². The van der Waals surface area contributed by atoms with Gasteiger partial charge in [0.2, 0.25) is 5.91 Å². The van der Waals surface area contributed by atoms with Gasteiger partial charge in [0.05, 0.1) is 13.0 Å². The van der Waals surface area contributed by atoms with E-state index in [2.05, 4.69) is 36.2 Å². The van der Waals surface area contributed by atoms with Gasteiger partial charge in [0.25, 0.3) is 0 Å². The van der Waals surface area contributed by atoms with Crippen LogP contribution in [0, 0.1) is 5.41 Å². The predicted octanol–water partition coefficient (Wildman–Crippen LogP) is 3.37. The van der Waals surface area contributed by atoms with Crippen LogP contribution in [0.4, 0.5) is 0 Å². The average Bonchev–Trinajstić information content (AvgIpc) is 2.70. The zero-order chi connectivity index (χ0) is 19.8. The average molecular weight is 389 g/mol. The number of amides is 1. The summed E-state index contributed by atoms with van der Waals surface area (Å²) in [4.78, 5) is 16.8. The van der Waals surface area contributed by atoms with Crippen molar-refractivity contribution in [2.45, 2.75) is 44.9 Å². The first kappa shape index (κ1) is 21.1. The number of likely N-dealkylation sites (tertiary alicyclic amines) is 1. The number of fused-ring (bicyclic) bond motifs is 1. The lowest BCUT2D eigenvalue weighted by Gasteiger charge is -2.44. The number of carbonyl (C=O) groups is 1. The van der Waals surface area contributed by atoms with Gasteiger partial charge < -0.3 is 19.3 Å². The standard InChI is InChI=1S/C23H36N2O3/c1-24-16-18-28-21-9-4-3-7-20(21)8-5-6-11-23(19-24)12-14-25(15-13-23)22(26)10-17-27-2/h3-4,7,9H,5-6,8,10-19H2,1-2H3. The van der Waals surface area contributed by atoms with Crippen molar-refractivity contribution in [2.75, 3.05) is 53.6 Å². The molecule has 0 radical (unpaired) electrons. The second-order valence-corrected chi connectivity index (χ2v) is 8.52. The molecule has 2 aliphatic heterocycles. The molecule has 0 aliphatic carbocycles. The number of para-hydroxylation sites is 1. The Balaban J connectivity index is 1.60. The lowest BCUT2D eigenvalue weighted by atomic mass is 9.73. The number of carbonyl (C=O) groups excluding carboxylic acids is 1. The fraction of sp³-hybridized carbons (Fsp3) is 0.696. The number of nitrogens with zero attached hydrogens (tertiary/aromatic N) is 2. The Kier molecular flexibility index (Phi) is 7.74. The van der Waals surface area contributed by atoms with E-state index in [0.29, 0.717) is 18.4 Å². The van der Waals surface area contributed by atoms with Crippen LogP contribution in [0.5, 0.6) is 5.75 Å². The molecule has 1 amide bonds. The third kappa shape index (κ3) is 5.71. The van der Waals surface area contributed by atoms with Crippen LogP contribution in [0.1, 0.15) is 44.1 Å². The summed E-state index contributed by atoms with van der Waals surface area (Å²) in [5, 5.41) is 0. The Labute approximate surface area is 170 Å². The number of piperidine rings is 1. The molecule has 1 saturated heterocycles. The second-order valence-electron chi connectivity index (χ2n) is 8.52. The summed E-state index contributed by atoms with van der Waals surface area (Å²) in [5.74, 6) is 1.29. The lowest BCUT2D eigenvalue weighted by Crippen LogP contribution is -2.48. The molecular formula is C23H36N2O3. The van der Waals surface area contributed by atoms with E-state index in [1.54, 1.807) is 7.11 Å². The number of hydrogen-bond donors (Lipinski definition) is 0. The van der Waals surface area contributed by atoms with Gasteiger partial charge in [0, 0.05) is 33.3 Å². The van der Waals surface area contributed by atoms with Crippen LogP contribution in [0.2, 0.25) is 0 Å². The summed E-state index contributed by atoms with van der Waals surface area (Å²) < 4.78 is 11.2. The lowest BCUT2D eigenvalue weighted by molar-refractivity contribution is -0.134. The number of methoxy groups -OCH3 is 1. The molecule has 2 heterocycles. The molecule has 28 heavy (non-hydrogen) atoms. The van der Waals surface area contributed by atoms with Crippen molar-refractivity contribution in [1.29, 1.82) is 0 Å². The minimum Gasteiger partial charge on any atom is -0.492 e. The van der Waals surface area contributed by atoms with E-state index in [1.807, 2.05) is 4.90 Å². The molecular weight excluding hydrogens is 352 g/mol. The Morgan fingerprint density at radius 2 is 1.93 bits per heavy atom. The van der Waals surface area contributed by atoms with Crippen molar-refractivity contribution < 1.29 is 14.3 Å². The van der Waals surface area contributed by atoms with Gasteiger partial charge in [-0.25, -0.2) is 0 Å². The minimum absolute atomic E-state index is 0.239. The summed E-state index contributed by atoms with van der Waals surface area (Å²) >= 11 is 0. The van der Waals surface area contributed by atoms with Gasteiger partial charge in [0.1, 0.15) is 12.4 Å². The fourth-order valence-electron chi connectivity index (χ4n) is 4.69. The zero-order valence-corrected chi connectivity index (χ0v) is 17.6. The molecule has 0 saturated carbocycles. The zero-order valence-electron chi connectivity index (χ0n) is 17.6. The van der Waals surface area contributed by atoms with E-state index >= 15 is 0 Å². The van der Waals surface area contributed by atoms with Crippen molar-refractivity contribution in [3.05, 3.63) is 29.8 Å². The molecule has 1 aromatic rings. The Hall–Kier alpha value is -1.59. The van der Waals surface area contributed by atoms with Crippen molar-refractivity contribution >= 4 is 5.91 Å². The molecule has 1 fully saturated rings. The summed E-state index contributed by atoms with van der Waals surface area (Å²) in [6.45, 7) is 5.05. The highest BCUT2D eigenvalue weighted by molar-refractivity contribution is 5.76. The third-order valence-corrected chi connectivity index (χ3v) is 6.41.